The molecule has 1 aliphatic carbocycles. The van der Waals surface area contributed by atoms with E-state index in [4.69, 9.17) is 12.2 Å². The van der Waals surface area contributed by atoms with Crippen LogP contribution in [-0.2, 0) is 11.8 Å². The van der Waals surface area contributed by atoms with E-state index in [0.29, 0.717) is 16.6 Å². The number of aromatic nitrogens is 3. The summed E-state index contributed by atoms with van der Waals surface area (Å²) in [6, 6.07) is 0. The van der Waals surface area contributed by atoms with Gasteiger partial charge in [0.1, 0.15) is 5.82 Å². The third-order valence-corrected chi connectivity index (χ3v) is 5.07. The summed E-state index contributed by atoms with van der Waals surface area (Å²) in [5.41, 5.74) is 0. The number of H-pyrrole nitrogens is 1. The average Bonchev–Trinajstić information content (AvgIpc) is 2.87. The molecule has 1 fully saturated rings. The number of carbonyl (C=O) groups excluding carboxylic acids is 1. The number of carbonyl (C=O) groups is 1. The zero-order valence-corrected chi connectivity index (χ0v) is 13.2. The molecule has 0 saturated carbocycles. The molecular formula is C15H22N4OS. The van der Waals surface area contributed by atoms with E-state index in [9.17, 15) is 4.79 Å². The van der Waals surface area contributed by atoms with Crippen LogP contribution in [0.15, 0.2) is 12.2 Å². The molecule has 0 radical (unpaired) electrons. The van der Waals surface area contributed by atoms with Crippen molar-refractivity contribution in [2.24, 2.45) is 13.0 Å². The summed E-state index contributed by atoms with van der Waals surface area (Å²) in [6.45, 7) is 1.67. The normalized spacial score (nSPS) is 23.5. The molecule has 21 heavy (non-hydrogen) atoms. The van der Waals surface area contributed by atoms with Gasteiger partial charge in [0.25, 0.3) is 0 Å². The van der Waals surface area contributed by atoms with Crippen LogP contribution in [0, 0.1) is 10.7 Å². The van der Waals surface area contributed by atoms with Crippen molar-refractivity contribution in [3.8, 4) is 0 Å². The second-order valence-electron chi connectivity index (χ2n) is 6.03. The number of amides is 1. The number of hydrogen-bond acceptors (Lipinski definition) is 3. The number of aromatic amines is 1. The Labute approximate surface area is 130 Å². The lowest BCUT2D eigenvalue weighted by Crippen LogP contribution is -2.41. The molecule has 1 aliphatic heterocycles. The smallest absolute Gasteiger partial charge is 0.226 e. The predicted octanol–water partition coefficient (Wildman–Crippen LogP) is 2.54. The van der Waals surface area contributed by atoms with Gasteiger partial charge in [-0.3, -0.25) is 9.89 Å². The SMILES string of the molecule is Cn1c(C2CCN(C(=O)[C@H]3CC=CCC3)CC2)n[nH]c1=S. The van der Waals surface area contributed by atoms with Crippen molar-refractivity contribution in [1.29, 1.82) is 0 Å². The Morgan fingerprint density at radius 2 is 2.10 bits per heavy atom. The van der Waals surface area contributed by atoms with Crippen molar-refractivity contribution in [3.05, 3.63) is 22.7 Å². The Bertz CT molecular complexity index is 595. The van der Waals surface area contributed by atoms with Crippen LogP contribution >= 0.6 is 12.2 Å². The summed E-state index contributed by atoms with van der Waals surface area (Å²) in [7, 11) is 1.95. The number of piperidine rings is 1. The Morgan fingerprint density at radius 1 is 1.33 bits per heavy atom. The minimum absolute atomic E-state index is 0.201. The van der Waals surface area contributed by atoms with Crippen LogP contribution in [-0.4, -0.2) is 38.7 Å². The van der Waals surface area contributed by atoms with Crippen molar-refractivity contribution in [2.75, 3.05) is 13.1 Å². The van der Waals surface area contributed by atoms with E-state index in [1.165, 1.54) is 0 Å². The van der Waals surface area contributed by atoms with Crippen molar-refractivity contribution < 1.29 is 4.79 Å². The second-order valence-corrected chi connectivity index (χ2v) is 6.41. The lowest BCUT2D eigenvalue weighted by molar-refractivity contribution is -0.136. The van der Waals surface area contributed by atoms with Gasteiger partial charge >= 0.3 is 0 Å². The van der Waals surface area contributed by atoms with Gasteiger partial charge in [-0.15, -0.1) is 0 Å². The van der Waals surface area contributed by atoms with Crippen LogP contribution in [0.25, 0.3) is 0 Å². The van der Waals surface area contributed by atoms with Crippen LogP contribution in [0.5, 0.6) is 0 Å². The molecule has 114 valence electrons. The summed E-state index contributed by atoms with van der Waals surface area (Å²) in [5.74, 6) is 1.96. The fraction of sp³-hybridized carbons (Fsp3) is 0.667. The van der Waals surface area contributed by atoms with Crippen molar-refractivity contribution in [2.45, 2.75) is 38.0 Å². The average molecular weight is 306 g/mol. The molecule has 2 heterocycles. The highest BCUT2D eigenvalue weighted by Crippen LogP contribution is 2.28. The highest BCUT2D eigenvalue weighted by Gasteiger charge is 2.30. The summed E-state index contributed by atoms with van der Waals surface area (Å²) in [4.78, 5) is 14.6. The molecule has 1 saturated heterocycles. The first-order valence-electron chi connectivity index (χ1n) is 7.72. The zero-order valence-electron chi connectivity index (χ0n) is 12.4. The maximum atomic E-state index is 12.5. The lowest BCUT2D eigenvalue weighted by Gasteiger charge is -2.34. The Hall–Kier alpha value is -1.43. The zero-order chi connectivity index (χ0) is 14.8. The number of nitrogens with zero attached hydrogens (tertiary/aromatic N) is 3. The van der Waals surface area contributed by atoms with Gasteiger partial charge in [-0.05, 0) is 44.3 Å². The molecule has 5 nitrogen and oxygen atoms in total. The second kappa shape index (κ2) is 6.13. The van der Waals surface area contributed by atoms with Crippen LogP contribution < -0.4 is 0 Å². The van der Waals surface area contributed by atoms with E-state index in [1.54, 1.807) is 0 Å². The summed E-state index contributed by atoms with van der Waals surface area (Å²) < 4.78 is 2.61. The predicted molar refractivity (Wildman–Crippen MR) is 83.4 cm³/mol. The number of nitrogens with one attached hydrogen (secondary N) is 1. The molecule has 1 aromatic rings. The Balaban J connectivity index is 1.60. The van der Waals surface area contributed by atoms with E-state index in [-0.39, 0.29) is 5.92 Å². The maximum absolute atomic E-state index is 12.5. The van der Waals surface area contributed by atoms with Gasteiger partial charge in [0, 0.05) is 32.0 Å². The van der Waals surface area contributed by atoms with Crippen molar-refractivity contribution >= 4 is 18.1 Å². The molecule has 0 bridgehead atoms. The largest absolute Gasteiger partial charge is 0.342 e. The highest BCUT2D eigenvalue weighted by molar-refractivity contribution is 7.71. The quantitative estimate of drug-likeness (QED) is 0.675. The van der Waals surface area contributed by atoms with Crippen LogP contribution in [0.2, 0.25) is 0 Å². The topological polar surface area (TPSA) is 53.9 Å². The fourth-order valence-electron chi connectivity index (χ4n) is 3.36. The van der Waals surface area contributed by atoms with Gasteiger partial charge < -0.3 is 9.47 Å². The van der Waals surface area contributed by atoms with Crippen LogP contribution in [0.3, 0.4) is 0 Å². The van der Waals surface area contributed by atoms with E-state index in [2.05, 4.69) is 22.3 Å². The maximum Gasteiger partial charge on any atom is 0.226 e. The van der Waals surface area contributed by atoms with Gasteiger partial charge in [-0.1, -0.05) is 12.2 Å². The first kappa shape index (κ1) is 14.5. The van der Waals surface area contributed by atoms with Crippen molar-refractivity contribution in [1.82, 2.24) is 19.7 Å². The molecule has 0 unspecified atom stereocenters. The molecule has 1 N–H and O–H groups in total. The molecule has 0 spiro atoms. The number of allylic oxidation sites excluding steroid dienone is 2. The minimum atomic E-state index is 0.201. The van der Waals surface area contributed by atoms with E-state index in [0.717, 1.165) is 51.0 Å². The van der Waals surface area contributed by atoms with Crippen LogP contribution in [0.1, 0.15) is 43.8 Å². The summed E-state index contributed by atoms with van der Waals surface area (Å²) in [6.07, 6.45) is 9.23. The van der Waals surface area contributed by atoms with E-state index >= 15 is 0 Å². The first-order chi connectivity index (χ1) is 10.2. The summed E-state index contributed by atoms with van der Waals surface area (Å²) in [5, 5.41) is 7.18. The fourth-order valence-corrected chi connectivity index (χ4v) is 3.50. The van der Waals surface area contributed by atoms with Gasteiger partial charge in [0.2, 0.25) is 5.91 Å². The van der Waals surface area contributed by atoms with Crippen molar-refractivity contribution in [3.63, 3.8) is 0 Å². The summed E-state index contributed by atoms with van der Waals surface area (Å²) >= 11 is 5.17. The Morgan fingerprint density at radius 3 is 2.67 bits per heavy atom. The third kappa shape index (κ3) is 2.95. The van der Waals surface area contributed by atoms with Crippen LogP contribution in [0.4, 0.5) is 0 Å². The molecular weight excluding hydrogens is 284 g/mol. The Kier molecular flexibility index (Phi) is 4.24. The molecule has 2 aliphatic rings. The van der Waals surface area contributed by atoms with E-state index < -0.39 is 0 Å². The highest BCUT2D eigenvalue weighted by atomic mass is 32.1. The standard InChI is InChI=1S/C15H22N4OS/c1-18-13(16-17-15(18)21)11-7-9-19(10-8-11)14(20)12-5-3-2-4-6-12/h2-3,11-12H,4-10H2,1H3,(H,17,21)/t12-/m0/s1. The van der Waals surface area contributed by atoms with Gasteiger partial charge in [0.15, 0.2) is 4.77 Å². The van der Waals surface area contributed by atoms with Gasteiger partial charge in [-0.25, -0.2) is 0 Å². The van der Waals surface area contributed by atoms with Gasteiger partial charge in [0.05, 0.1) is 0 Å². The third-order valence-electron chi connectivity index (χ3n) is 4.70. The monoisotopic (exact) mass is 306 g/mol. The number of rotatable bonds is 2. The van der Waals surface area contributed by atoms with Gasteiger partial charge in [-0.2, -0.15) is 5.10 Å². The lowest BCUT2D eigenvalue weighted by atomic mass is 9.90. The molecule has 3 rings (SSSR count). The minimum Gasteiger partial charge on any atom is -0.342 e. The molecule has 0 aromatic carbocycles. The number of hydrogen-bond donors (Lipinski definition) is 1. The van der Waals surface area contributed by atoms with E-state index in [1.807, 2.05) is 16.5 Å². The number of likely N-dealkylation sites (tertiary alicyclic amines) is 1. The molecule has 6 heteroatoms. The molecule has 1 atom stereocenters. The first-order valence-corrected chi connectivity index (χ1v) is 8.12. The molecule has 1 amide bonds. The molecule has 1 aromatic heterocycles.